The van der Waals surface area contributed by atoms with E-state index in [1.54, 1.807) is 6.92 Å². The van der Waals surface area contributed by atoms with Crippen LogP contribution in [0.3, 0.4) is 0 Å². The summed E-state index contributed by atoms with van der Waals surface area (Å²) in [5.41, 5.74) is 1.83. The number of pyridine rings is 1. The first-order valence-electron chi connectivity index (χ1n) is 7.66. The van der Waals surface area contributed by atoms with Crippen LogP contribution in [0.25, 0.3) is 10.9 Å². The molecule has 0 aliphatic carbocycles. The average molecular weight is 309 g/mol. The number of amides is 1. The third-order valence-corrected chi connectivity index (χ3v) is 3.84. The molecule has 1 amide bonds. The molecular weight excluding hydrogens is 290 g/mol. The van der Waals surface area contributed by atoms with Gasteiger partial charge >= 0.3 is 0 Å². The van der Waals surface area contributed by atoms with Crippen molar-refractivity contribution in [1.29, 1.82) is 0 Å². The Morgan fingerprint density at radius 2 is 2.09 bits per heavy atom. The first-order chi connectivity index (χ1) is 11.1. The van der Waals surface area contributed by atoms with Crippen LogP contribution in [0.1, 0.15) is 22.5 Å². The fourth-order valence-electron chi connectivity index (χ4n) is 2.63. The van der Waals surface area contributed by atoms with E-state index in [2.05, 4.69) is 39.3 Å². The molecule has 2 N–H and O–H groups in total. The van der Waals surface area contributed by atoms with Gasteiger partial charge in [0.25, 0.3) is 5.91 Å². The minimum absolute atomic E-state index is 0.155. The van der Waals surface area contributed by atoms with Crippen molar-refractivity contribution in [1.82, 2.24) is 14.9 Å². The average Bonchev–Trinajstić information content (AvgIpc) is 2.94. The lowest BCUT2D eigenvalue weighted by molar-refractivity contribution is 0.0951. The van der Waals surface area contributed by atoms with Crippen LogP contribution in [0.2, 0.25) is 0 Å². The number of benzene rings is 1. The van der Waals surface area contributed by atoms with Crippen molar-refractivity contribution < 1.29 is 4.79 Å². The Hall–Kier alpha value is -2.82. The highest BCUT2D eigenvalue weighted by Gasteiger charge is 2.09. The standard InChI is InChI=1S/C18H19N3O2/c1-13-11-17(22)15(12-20-13)18(23)19-8-4-9-21-10-7-14-5-2-3-6-16(14)21/h2-3,5-7,10-12H,4,8-9H2,1H3,(H,19,23)(H,20,22). The van der Waals surface area contributed by atoms with Crippen LogP contribution in [-0.4, -0.2) is 22.0 Å². The molecule has 23 heavy (non-hydrogen) atoms. The van der Waals surface area contributed by atoms with Gasteiger partial charge in [-0.2, -0.15) is 0 Å². The van der Waals surface area contributed by atoms with Gasteiger partial charge in [-0.3, -0.25) is 9.59 Å². The lowest BCUT2D eigenvalue weighted by atomic mass is 10.2. The normalized spacial score (nSPS) is 10.8. The fraction of sp³-hybridized carbons (Fsp3) is 0.222. The number of rotatable bonds is 5. The van der Waals surface area contributed by atoms with Crippen LogP contribution >= 0.6 is 0 Å². The molecule has 0 aliphatic heterocycles. The van der Waals surface area contributed by atoms with Gasteiger partial charge in [0.1, 0.15) is 5.56 Å². The van der Waals surface area contributed by atoms with E-state index in [0.29, 0.717) is 6.54 Å². The minimum Gasteiger partial charge on any atom is -0.364 e. The summed E-state index contributed by atoms with van der Waals surface area (Å²) in [5.74, 6) is -0.330. The van der Waals surface area contributed by atoms with Crippen LogP contribution < -0.4 is 10.7 Å². The first kappa shape index (κ1) is 15.1. The largest absolute Gasteiger partial charge is 0.364 e. The number of aromatic nitrogens is 2. The topological polar surface area (TPSA) is 66.9 Å². The molecule has 0 bridgehead atoms. The Morgan fingerprint density at radius 3 is 2.91 bits per heavy atom. The van der Waals surface area contributed by atoms with Gasteiger partial charge in [-0.15, -0.1) is 0 Å². The van der Waals surface area contributed by atoms with Crippen LogP contribution in [0.15, 0.2) is 53.6 Å². The third kappa shape index (κ3) is 3.34. The molecule has 0 unspecified atom stereocenters. The van der Waals surface area contributed by atoms with Crippen LogP contribution in [-0.2, 0) is 6.54 Å². The van der Waals surface area contributed by atoms with Crippen molar-refractivity contribution in [2.75, 3.05) is 6.54 Å². The maximum absolute atomic E-state index is 12.0. The zero-order valence-corrected chi connectivity index (χ0v) is 13.0. The minimum atomic E-state index is -0.330. The molecule has 0 aliphatic rings. The zero-order valence-electron chi connectivity index (χ0n) is 13.0. The van der Waals surface area contributed by atoms with Crippen molar-refractivity contribution in [2.45, 2.75) is 19.9 Å². The maximum atomic E-state index is 12.0. The Bertz CT molecular complexity index is 892. The van der Waals surface area contributed by atoms with Gasteiger partial charge in [0.15, 0.2) is 5.43 Å². The molecule has 1 aromatic carbocycles. The molecule has 2 heterocycles. The van der Waals surface area contributed by atoms with E-state index in [1.807, 2.05) is 12.1 Å². The van der Waals surface area contributed by atoms with Crippen LogP contribution in [0.5, 0.6) is 0 Å². The van der Waals surface area contributed by atoms with Gasteiger partial charge in [-0.25, -0.2) is 0 Å². The summed E-state index contributed by atoms with van der Waals surface area (Å²) in [4.78, 5) is 26.7. The highest BCUT2D eigenvalue weighted by Crippen LogP contribution is 2.15. The van der Waals surface area contributed by atoms with E-state index in [9.17, 15) is 9.59 Å². The smallest absolute Gasteiger partial charge is 0.256 e. The number of aryl methyl sites for hydroxylation is 2. The Kier molecular flexibility index (Phi) is 4.28. The van der Waals surface area contributed by atoms with Gasteiger partial charge in [0.05, 0.1) is 0 Å². The van der Waals surface area contributed by atoms with Crippen molar-refractivity contribution in [2.24, 2.45) is 0 Å². The lowest BCUT2D eigenvalue weighted by Crippen LogP contribution is -2.29. The maximum Gasteiger partial charge on any atom is 0.256 e. The molecule has 5 heteroatoms. The Balaban J connectivity index is 1.55. The zero-order chi connectivity index (χ0) is 16.2. The quantitative estimate of drug-likeness (QED) is 0.711. The van der Waals surface area contributed by atoms with E-state index < -0.39 is 0 Å². The summed E-state index contributed by atoms with van der Waals surface area (Å²) in [5, 5.41) is 4.01. The van der Waals surface area contributed by atoms with Gasteiger partial charge in [-0.05, 0) is 30.9 Å². The highest BCUT2D eigenvalue weighted by molar-refractivity contribution is 5.93. The second-order valence-corrected chi connectivity index (χ2v) is 5.57. The summed E-state index contributed by atoms with van der Waals surface area (Å²) >= 11 is 0. The van der Waals surface area contributed by atoms with E-state index in [0.717, 1.165) is 18.7 Å². The second-order valence-electron chi connectivity index (χ2n) is 5.57. The van der Waals surface area contributed by atoms with Gasteiger partial charge in [0, 0.05) is 42.8 Å². The number of para-hydroxylation sites is 1. The number of carbonyl (C=O) groups excluding carboxylic acids is 1. The number of carbonyl (C=O) groups is 1. The molecule has 2 aromatic heterocycles. The second kappa shape index (κ2) is 6.52. The highest BCUT2D eigenvalue weighted by atomic mass is 16.2. The predicted molar refractivity (Wildman–Crippen MR) is 90.7 cm³/mol. The van der Waals surface area contributed by atoms with Crippen molar-refractivity contribution in [3.8, 4) is 0 Å². The van der Waals surface area contributed by atoms with Crippen LogP contribution in [0.4, 0.5) is 0 Å². The van der Waals surface area contributed by atoms with E-state index in [4.69, 9.17) is 0 Å². The summed E-state index contributed by atoms with van der Waals surface area (Å²) in [7, 11) is 0. The lowest BCUT2D eigenvalue weighted by Gasteiger charge is -2.07. The van der Waals surface area contributed by atoms with Gasteiger partial charge < -0.3 is 14.9 Å². The number of H-pyrrole nitrogens is 1. The molecule has 0 spiro atoms. The first-order valence-corrected chi connectivity index (χ1v) is 7.66. The number of aromatic amines is 1. The van der Waals surface area contributed by atoms with Gasteiger partial charge in [0.2, 0.25) is 0 Å². The Labute approximate surface area is 134 Å². The van der Waals surface area contributed by atoms with Crippen molar-refractivity contribution >= 4 is 16.8 Å². The SMILES string of the molecule is Cc1cc(=O)c(C(=O)NCCCn2ccc3ccccc32)c[nH]1. The molecule has 0 fully saturated rings. The van der Waals surface area contributed by atoms with E-state index in [-0.39, 0.29) is 16.9 Å². The van der Waals surface area contributed by atoms with E-state index in [1.165, 1.54) is 23.2 Å². The molecule has 5 nitrogen and oxygen atoms in total. The van der Waals surface area contributed by atoms with Crippen LogP contribution in [0, 0.1) is 6.92 Å². The van der Waals surface area contributed by atoms with Crippen molar-refractivity contribution in [3.05, 3.63) is 70.3 Å². The number of fused-ring (bicyclic) bond motifs is 1. The summed E-state index contributed by atoms with van der Waals surface area (Å²) in [6.45, 7) is 3.13. The molecule has 3 rings (SSSR count). The molecule has 0 saturated heterocycles. The number of hydrogen-bond acceptors (Lipinski definition) is 2. The molecular formula is C18H19N3O2. The number of hydrogen-bond donors (Lipinski definition) is 2. The monoisotopic (exact) mass is 309 g/mol. The predicted octanol–water partition coefficient (Wildman–Crippen LogP) is 2.46. The number of nitrogens with one attached hydrogen (secondary N) is 2. The molecule has 0 saturated carbocycles. The fourth-order valence-corrected chi connectivity index (χ4v) is 2.63. The van der Waals surface area contributed by atoms with Gasteiger partial charge in [-0.1, -0.05) is 18.2 Å². The van der Waals surface area contributed by atoms with E-state index >= 15 is 0 Å². The Morgan fingerprint density at radius 1 is 1.26 bits per heavy atom. The molecule has 0 atom stereocenters. The molecule has 118 valence electrons. The summed E-state index contributed by atoms with van der Waals surface area (Å²) in [6, 6.07) is 11.7. The molecule has 3 aromatic rings. The summed E-state index contributed by atoms with van der Waals surface area (Å²) in [6.07, 6.45) is 4.32. The summed E-state index contributed by atoms with van der Waals surface area (Å²) < 4.78 is 2.17. The van der Waals surface area contributed by atoms with Crippen molar-refractivity contribution in [3.63, 3.8) is 0 Å². The molecule has 0 radical (unpaired) electrons. The number of nitrogens with zero attached hydrogens (tertiary/aromatic N) is 1. The third-order valence-electron chi connectivity index (χ3n) is 3.84.